The monoisotopic (exact) mass is 266 g/mol. The molecule has 4 N–H and O–H groups in total. The fraction of sp³-hybridized carbons (Fsp3) is 0.500. The van der Waals surface area contributed by atoms with Crippen LogP contribution in [-0.2, 0) is 0 Å². The van der Waals surface area contributed by atoms with E-state index in [1.54, 1.807) is 0 Å². The maximum Gasteiger partial charge on any atom is 0.251 e. The first-order valence-corrected chi connectivity index (χ1v) is 6.54. The van der Waals surface area contributed by atoms with Gasteiger partial charge in [-0.1, -0.05) is 19.3 Å². The summed E-state index contributed by atoms with van der Waals surface area (Å²) in [5.41, 5.74) is 5.36. The Morgan fingerprint density at radius 2 is 2.00 bits per heavy atom. The van der Waals surface area contributed by atoms with Crippen LogP contribution in [0.1, 0.15) is 42.5 Å². The summed E-state index contributed by atoms with van der Waals surface area (Å²) in [7, 11) is 0. The number of aliphatic hydroxyl groups is 1. The van der Waals surface area contributed by atoms with Crippen LogP contribution in [0.5, 0.6) is 0 Å². The second-order valence-electron chi connectivity index (χ2n) is 5.23. The summed E-state index contributed by atoms with van der Waals surface area (Å²) in [6.07, 6.45) is 4.57. The van der Waals surface area contributed by atoms with E-state index in [-0.39, 0.29) is 23.8 Å². The molecule has 19 heavy (non-hydrogen) atoms. The van der Waals surface area contributed by atoms with Crippen LogP contribution in [0.25, 0.3) is 0 Å². The van der Waals surface area contributed by atoms with Crippen LogP contribution in [0.4, 0.5) is 10.1 Å². The first kappa shape index (κ1) is 13.8. The van der Waals surface area contributed by atoms with Crippen LogP contribution in [0.15, 0.2) is 18.2 Å². The molecule has 4 nitrogen and oxygen atoms in total. The molecule has 1 amide bonds. The predicted molar refractivity (Wildman–Crippen MR) is 71.2 cm³/mol. The smallest absolute Gasteiger partial charge is 0.251 e. The minimum atomic E-state index is -0.573. The summed E-state index contributed by atoms with van der Waals surface area (Å²) in [4.78, 5) is 12.1. The van der Waals surface area contributed by atoms with Crippen molar-refractivity contribution in [1.82, 2.24) is 5.32 Å². The highest BCUT2D eigenvalue weighted by atomic mass is 19.1. The Hall–Kier alpha value is -1.62. The second-order valence-corrected chi connectivity index (χ2v) is 5.23. The summed E-state index contributed by atoms with van der Waals surface area (Å²) in [6, 6.07) is 3.76. The highest BCUT2D eigenvalue weighted by Crippen LogP contribution is 2.28. The van der Waals surface area contributed by atoms with Crippen LogP contribution in [0.3, 0.4) is 0 Å². The SMILES string of the molecule is Nc1cc(F)cc(C(=O)NC2(CO)CCCCC2)c1. The number of amides is 1. The van der Waals surface area contributed by atoms with Gasteiger partial charge >= 0.3 is 0 Å². The van der Waals surface area contributed by atoms with Gasteiger partial charge in [-0.3, -0.25) is 4.79 Å². The summed E-state index contributed by atoms with van der Waals surface area (Å²) in [5.74, 6) is -0.922. The molecular formula is C14H19FN2O2. The van der Waals surface area contributed by atoms with Gasteiger partial charge in [0, 0.05) is 11.3 Å². The zero-order valence-electron chi connectivity index (χ0n) is 10.8. The van der Waals surface area contributed by atoms with Crippen LogP contribution in [0, 0.1) is 5.82 Å². The van der Waals surface area contributed by atoms with Crippen molar-refractivity contribution in [3.63, 3.8) is 0 Å². The Balaban J connectivity index is 2.15. The van der Waals surface area contributed by atoms with Crippen LogP contribution in [0.2, 0.25) is 0 Å². The van der Waals surface area contributed by atoms with Gasteiger partial charge in [-0.05, 0) is 31.0 Å². The number of aliphatic hydroxyl groups excluding tert-OH is 1. The number of anilines is 1. The molecule has 0 radical (unpaired) electrons. The highest BCUT2D eigenvalue weighted by molar-refractivity contribution is 5.95. The standard InChI is InChI=1S/C14H19FN2O2/c15-11-6-10(7-12(16)8-11)13(19)17-14(9-18)4-2-1-3-5-14/h6-8,18H,1-5,9,16H2,(H,17,19). The fourth-order valence-corrected chi connectivity index (χ4v) is 2.61. The van der Waals surface area contributed by atoms with E-state index in [0.717, 1.165) is 38.2 Å². The van der Waals surface area contributed by atoms with E-state index in [9.17, 15) is 14.3 Å². The molecule has 1 aliphatic carbocycles. The van der Waals surface area contributed by atoms with Gasteiger partial charge in [0.25, 0.3) is 5.91 Å². The van der Waals surface area contributed by atoms with Crippen molar-refractivity contribution in [2.75, 3.05) is 12.3 Å². The van der Waals surface area contributed by atoms with Gasteiger partial charge in [0.05, 0.1) is 12.1 Å². The van der Waals surface area contributed by atoms with Gasteiger partial charge in [-0.2, -0.15) is 0 Å². The average Bonchev–Trinajstić information content (AvgIpc) is 2.38. The third-order valence-corrected chi connectivity index (χ3v) is 3.67. The Morgan fingerprint density at radius 1 is 1.32 bits per heavy atom. The number of carbonyl (C=O) groups is 1. The number of nitrogens with one attached hydrogen (secondary N) is 1. The number of benzene rings is 1. The normalized spacial score (nSPS) is 18.0. The minimum Gasteiger partial charge on any atom is -0.399 e. The van der Waals surface area contributed by atoms with Gasteiger partial charge in [0.2, 0.25) is 0 Å². The highest BCUT2D eigenvalue weighted by Gasteiger charge is 2.33. The first-order chi connectivity index (χ1) is 9.04. The molecule has 0 aromatic heterocycles. The minimum absolute atomic E-state index is 0.0937. The maximum absolute atomic E-state index is 13.2. The van der Waals surface area contributed by atoms with Crippen molar-refractivity contribution in [1.29, 1.82) is 0 Å². The Kier molecular flexibility index (Phi) is 4.04. The van der Waals surface area contributed by atoms with Crippen molar-refractivity contribution >= 4 is 11.6 Å². The average molecular weight is 266 g/mol. The van der Waals surface area contributed by atoms with Gasteiger partial charge in [-0.25, -0.2) is 4.39 Å². The van der Waals surface area contributed by atoms with Crippen molar-refractivity contribution in [3.8, 4) is 0 Å². The predicted octanol–water partition coefficient (Wildman–Crippen LogP) is 1.83. The number of halogens is 1. The molecule has 1 aliphatic rings. The zero-order chi connectivity index (χ0) is 13.9. The van der Waals surface area contributed by atoms with E-state index < -0.39 is 11.4 Å². The molecule has 0 heterocycles. The van der Waals surface area contributed by atoms with Crippen LogP contribution >= 0.6 is 0 Å². The number of hydrogen-bond acceptors (Lipinski definition) is 3. The van der Waals surface area contributed by atoms with E-state index >= 15 is 0 Å². The lowest BCUT2D eigenvalue weighted by Crippen LogP contribution is -2.52. The largest absolute Gasteiger partial charge is 0.399 e. The van der Waals surface area contributed by atoms with Crippen molar-refractivity contribution in [2.24, 2.45) is 0 Å². The molecule has 0 bridgehead atoms. The Morgan fingerprint density at radius 3 is 2.58 bits per heavy atom. The number of hydrogen-bond donors (Lipinski definition) is 3. The number of nitrogen functional groups attached to an aromatic ring is 1. The van der Waals surface area contributed by atoms with Gasteiger partial charge in [-0.15, -0.1) is 0 Å². The Labute approximate surface area is 111 Å². The van der Waals surface area contributed by atoms with E-state index in [0.29, 0.717) is 0 Å². The molecule has 104 valence electrons. The lowest BCUT2D eigenvalue weighted by molar-refractivity contribution is 0.0758. The maximum atomic E-state index is 13.2. The summed E-state index contributed by atoms with van der Waals surface area (Å²) in [5, 5.41) is 12.4. The molecule has 0 spiro atoms. The van der Waals surface area contributed by atoms with Crippen LogP contribution < -0.4 is 11.1 Å². The molecule has 1 aromatic carbocycles. The van der Waals surface area contributed by atoms with Gasteiger partial charge < -0.3 is 16.2 Å². The van der Waals surface area contributed by atoms with Crippen molar-refractivity contribution in [2.45, 2.75) is 37.6 Å². The quantitative estimate of drug-likeness (QED) is 0.731. The molecule has 0 atom stereocenters. The first-order valence-electron chi connectivity index (χ1n) is 6.54. The summed E-state index contributed by atoms with van der Waals surface area (Å²) >= 11 is 0. The third-order valence-electron chi connectivity index (χ3n) is 3.67. The molecule has 1 saturated carbocycles. The molecule has 2 rings (SSSR count). The van der Waals surface area contributed by atoms with E-state index in [4.69, 9.17) is 5.73 Å². The molecule has 5 heteroatoms. The molecule has 1 aromatic rings. The number of nitrogens with two attached hydrogens (primary N) is 1. The summed E-state index contributed by atoms with van der Waals surface area (Å²) in [6.45, 7) is -0.0937. The summed E-state index contributed by atoms with van der Waals surface area (Å²) < 4.78 is 13.2. The van der Waals surface area contributed by atoms with Gasteiger partial charge in [0.1, 0.15) is 5.82 Å². The Bertz CT molecular complexity index is 450. The topological polar surface area (TPSA) is 75.4 Å². The third kappa shape index (κ3) is 3.23. The van der Waals surface area contributed by atoms with Crippen molar-refractivity contribution < 1.29 is 14.3 Å². The van der Waals surface area contributed by atoms with E-state index in [1.807, 2.05) is 0 Å². The fourth-order valence-electron chi connectivity index (χ4n) is 2.61. The van der Waals surface area contributed by atoms with E-state index in [2.05, 4.69) is 5.32 Å². The van der Waals surface area contributed by atoms with E-state index in [1.165, 1.54) is 12.1 Å². The number of rotatable bonds is 3. The molecule has 0 unspecified atom stereocenters. The molecule has 0 saturated heterocycles. The molecule has 0 aliphatic heterocycles. The lowest BCUT2D eigenvalue weighted by Gasteiger charge is -2.36. The molecular weight excluding hydrogens is 247 g/mol. The van der Waals surface area contributed by atoms with Gasteiger partial charge in [0.15, 0.2) is 0 Å². The number of carbonyl (C=O) groups excluding carboxylic acids is 1. The van der Waals surface area contributed by atoms with Crippen molar-refractivity contribution in [3.05, 3.63) is 29.6 Å². The lowest BCUT2D eigenvalue weighted by atomic mass is 9.82. The second kappa shape index (κ2) is 5.57. The van der Waals surface area contributed by atoms with Crippen LogP contribution in [-0.4, -0.2) is 23.2 Å². The zero-order valence-corrected chi connectivity index (χ0v) is 10.8. The molecule has 1 fully saturated rings.